The normalized spacial score (nSPS) is 10.1. The number of carbonyl (C=O) groups is 1. The van der Waals surface area contributed by atoms with E-state index in [1.165, 1.54) is 0 Å². The second-order valence-corrected chi connectivity index (χ2v) is 4.23. The van der Waals surface area contributed by atoms with Crippen LogP contribution in [0.1, 0.15) is 22.8 Å². The molecule has 0 saturated heterocycles. The lowest BCUT2D eigenvalue weighted by Gasteiger charge is -2.06. The second kappa shape index (κ2) is 4.28. The summed E-state index contributed by atoms with van der Waals surface area (Å²) in [6.07, 6.45) is 0.636. The molecular weight excluding hydrogens is 302 g/mol. The molecule has 70 valence electrons. The van der Waals surface area contributed by atoms with Crippen LogP contribution in [-0.2, 0) is 6.42 Å². The van der Waals surface area contributed by atoms with Crippen LogP contribution in [-0.4, -0.2) is 11.1 Å². The molecule has 0 aliphatic rings. The molecule has 0 aromatic heterocycles. The van der Waals surface area contributed by atoms with Crippen molar-refractivity contribution in [2.45, 2.75) is 13.3 Å². The fourth-order valence-corrected chi connectivity index (χ4v) is 2.31. The Morgan fingerprint density at radius 1 is 1.62 bits per heavy atom. The number of halogens is 2. The maximum Gasteiger partial charge on any atom is 0.336 e. The van der Waals surface area contributed by atoms with Crippen molar-refractivity contribution >= 4 is 40.2 Å². The van der Waals surface area contributed by atoms with Gasteiger partial charge in [-0.15, -0.1) is 0 Å². The van der Waals surface area contributed by atoms with Gasteiger partial charge in [0.1, 0.15) is 0 Å². The molecule has 0 fully saturated rings. The van der Waals surface area contributed by atoms with Crippen LogP contribution in [0.2, 0.25) is 5.02 Å². The molecule has 0 radical (unpaired) electrons. The van der Waals surface area contributed by atoms with Crippen molar-refractivity contribution in [3.05, 3.63) is 31.9 Å². The average Bonchev–Trinajstić information content (AvgIpc) is 2.02. The number of aromatic carboxylic acids is 1. The summed E-state index contributed by atoms with van der Waals surface area (Å²) < 4.78 is 0.845. The van der Waals surface area contributed by atoms with Crippen molar-refractivity contribution in [2.24, 2.45) is 0 Å². The van der Waals surface area contributed by atoms with E-state index in [0.717, 1.165) is 3.57 Å². The van der Waals surface area contributed by atoms with Crippen LogP contribution in [0, 0.1) is 3.57 Å². The summed E-state index contributed by atoms with van der Waals surface area (Å²) in [5, 5.41) is 9.42. The molecule has 0 aliphatic heterocycles. The minimum atomic E-state index is -0.919. The minimum Gasteiger partial charge on any atom is -0.478 e. The van der Waals surface area contributed by atoms with Gasteiger partial charge >= 0.3 is 5.97 Å². The van der Waals surface area contributed by atoms with Gasteiger partial charge in [0.05, 0.1) is 5.56 Å². The Hall–Kier alpha value is -0.290. The minimum absolute atomic E-state index is 0.305. The predicted octanol–water partition coefficient (Wildman–Crippen LogP) is 3.21. The number of benzene rings is 1. The molecule has 0 bridgehead atoms. The van der Waals surface area contributed by atoms with Gasteiger partial charge in [0.25, 0.3) is 0 Å². The standard InChI is InChI=1S/C9H8ClIO2/c1-2-6-7(9(12)13)3-5(11)4-8(6)10/h3-4H,2H2,1H3,(H,12,13). The topological polar surface area (TPSA) is 37.3 Å². The molecule has 0 aliphatic carbocycles. The Balaban J connectivity index is 3.38. The molecule has 0 amide bonds. The lowest BCUT2D eigenvalue weighted by atomic mass is 10.1. The van der Waals surface area contributed by atoms with Gasteiger partial charge in [-0.25, -0.2) is 4.79 Å². The first kappa shape index (κ1) is 10.8. The first-order valence-electron chi connectivity index (χ1n) is 3.77. The molecular formula is C9H8ClIO2. The zero-order valence-corrected chi connectivity index (χ0v) is 9.89. The lowest BCUT2D eigenvalue weighted by Crippen LogP contribution is -2.03. The third-order valence-corrected chi connectivity index (χ3v) is 2.70. The Morgan fingerprint density at radius 3 is 2.69 bits per heavy atom. The van der Waals surface area contributed by atoms with E-state index < -0.39 is 5.97 Å². The summed E-state index contributed by atoms with van der Waals surface area (Å²) >= 11 is 7.96. The van der Waals surface area contributed by atoms with E-state index in [2.05, 4.69) is 0 Å². The Kier molecular flexibility index (Phi) is 3.55. The summed E-state index contributed by atoms with van der Waals surface area (Å²) in [5.41, 5.74) is 1.01. The highest BCUT2D eigenvalue weighted by molar-refractivity contribution is 14.1. The van der Waals surface area contributed by atoms with Crippen molar-refractivity contribution in [1.29, 1.82) is 0 Å². The van der Waals surface area contributed by atoms with Crippen molar-refractivity contribution in [3.63, 3.8) is 0 Å². The summed E-state index contributed by atoms with van der Waals surface area (Å²) in [5.74, 6) is -0.919. The largest absolute Gasteiger partial charge is 0.478 e. The molecule has 0 saturated carbocycles. The van der Waals surface area contributed by atoms with Gasteiger partial charge in [-0.1, -0.05) is 18.5 Å². The van der Waals surface area contributed by atoms with Crippen LogP contribution in [0.3, 0.4) is 0 Å². The van der Waals surface area contributed by atoms with Crippen LogP contribution < -0.4 is 0 Å². The zero-order valence-electron chi connectivity index (χ0n) is 6.97. The monoisotopic (exact) mass is 310 g/mol. The molecule has 13 heavy (non-hydrogen) atoms. The first-order chi connectivity index (χ1) is 6.06. The lowest BCUT2D eigenvalue weighted by molar-refractivity contribution is 0.0695. The van der Waals surface area contributed by atoms with E-state index in [4.69, 9.17) is 16.7 Å². The van der Waals surface area contributed by atoms with E-state index >= 15 is 0 Å². The van der Waals surface area contributed by atoms with Gasteiger partial charge in [-0.3, -0.25) is 0 Å². The van der Waals surface area contributed by atoms with Crippen molar-refractivity contribution in [3.8, 4) is 0 Å². The average molecular weight is 311 g/mol. The number of carboxylic acid groups (broad SMARTS) is 1. The first-order valence-corrected chi connectivity index (χ1v) is 5.23. The van der Waals surface area contributed by atoms with Gasteiger partial charge in [0, 0.05) is 8.59 Å². The summed E-state index contributed by atoms with van der Waals surface area (Å²) in [4.78, 5) is 10.8. The highest BCUT2D eigenvalue weighted by atomic mass is 127. The molecule has 4 heteroatoms. The quantitative estimate of drug-likeness (QED) is 0.852. The third-order valence-electron chi connectivity index (χ3n) is 1.74. The molecule has 0 spiro atoms. The Morgan fingerprint density at radius 2 is 2.23 bits per heavy atom. The molecule has 0 atom stereocenters. The van der Waals surface area contributed by atoms with E-state index in [-0.39, 0.29) is 0 Å². The predicted molar refractivity (Wildman–Crippen MR) is 60.5 cm³/mol. The SMILES string of the molecule is CCc1c(Cl)cc(I)cc1C(=O)O. The van der Waals surface area contributed by atoms with Crippen LogP contribution in [0.25, 0.3) is 0 Å². The molecule has 1 aromatic carbocycles. The maximum atomic E-state index is 10.8. The van der Waals surface area contributed by atoms with Crippen LogP contribution in [0.5, 0.6) is 0 Å². The van der Waals surface area contributed by atoms with E-state index in [1.54, 1.807) is 12.1 Å². The number of carboxylic acids is 1. The van der Waals surface area contributed by atoms with Crippen molar-refractivity contribution in [1.82, 2.24) is 0 Å². The summed E-state index contributed by atoms with van der Waals surface area (Å²) in [6.45, 7) is 1.89. The summed E-state index contributed by atoms with van der Waals surface area (Å²) in [6, 6.07) is 3.40. The molecule has 1 N–H and O–H groups in total. The fraction of sp³-hybridized carbons (Fsp3) is 0.222. The van der Waals surface area contributed by atoms with Gasteiger partial charge < -0.3 is 5.11 Å². The van der Waals surface area contributed by atoms with E-state index in [0.29, 0.717) is 22.6 Å². The highest BCUT2D eigenvalue weighted by Crippen LogP contribution is 2.24. The van der Waals surface area contributed by atoms with Crippen LogP contribution in [0.15, 0.2) is 12.1 Å². The maximum absolute atomic E-state index is 10.8. The summed E-state index contributed by atoms with van der Waals surface area (Å²) in [7, 11) is 0. The number of hydrogen-bond donors (Lipinski definition) is 1. The molecule has 2 nitrogen and oxygen atoms in total. The number of hydrogen-bond acceptors (Lipinski definition) is 1. The van der Waals surface area contributed by atoms with Gasteiger partial charge in [-0.2, -0.15) is 0 Å². The third kappa shape index (κ3) is 2.34. The fourth-order valence-electron chi connectivity index (χ4n) is 1.15. The number of rotatable bonds is 2. The second-order valence-electron chi connectivity index (χ2n) is 2.57. The van der Waals surface area contributed by atoms with Gasteiger partial charge in [0.2, 0.25) is 0 Å². The van der Waals surface area contributed by atoms with Crippen molar-refractivity contribution in [2.75, 3.05) is 0 Å². The molecule has 1 rings (SSSR count). The van der Waals surface area contributed by atoms with Crippen LogP contribution in [0.4, 0.5) is 0 Å². The van der Waals surface area contributed by atoms with E-state index in [1.807, 2.05) is 29.5 Å². The Bertz CT molecular complexity index is 350. The van der Waals surface area contributed by atoms with Crippen molar-refractivity contribution < 1.29 is 9.90 Å². The molecule has 1 aromatic rings. The highest BCUT2D eigenvalue weighted by Gasteiger charge is 2.12. The van der Waals surface area contributed by atoms with Gasteiger partial charge in [0.15, 0.2) is 0 Å². The zero-order chi connectivity index (χ0) is 10.0. The Labute approximate surface area is 95.0 Å². The smallest absolute Gasteiger partial charge is 0.336 e. The molecule has 0 unspecified atom stereocenters. The van der Waals surface area contributed by atoms with Crippen LogP contribution >= 0.6 is 34.2 Å². The van der Waals surface area contributed by atoms with E-state index in [9.17, 15) is 4.79 Å². The van der Waals surface area contributed by atoms with Gasteiger partial charge in [-0.05, 0) is 46.7 Å². The molecule has 0 heterocycles.